The van der Waals surface area contributed by atoms with Gasteiger partial charge in [0.25, 0.3) is 0 Å². The number of aromatic carboxylic acids is 1. The Hall–Kier alpha value is -1.86. The minimum Gasteiger partial charge on any atom is -0.478 e. The van der Waals surface area contributed by atoms with Gasteiger partial charge in [0.15, 0.2) is 0 Å². The van der Waals surface area contributed by atoms with Crippen LogP contribution in [-0.4, -0.2) is 64.8 Å². The highest BCUT2D eigenvalue weighted by molar-refractivity contribution is 6.33. The van der Waals surface area contributed by atoms with Crippen molar-refractivity contribution >= 4 is 29.3 Å². The summed E-state index contributed by atoms with van der Waals surface area (Å²) in [5, 5.41) is 17.9. The third-order valence-corrected chi connectivity index (χ3v) is 3.41. The summed E-state index contributed by atoms with van der Waals surface area (Å²) in [6.45, 7) is 1.51. The number of nitrogens with zero attached hydrogens (tertiary/aromatic N) is 3. The van der Waals surface area contributed by atoms with Crippen LogP contribution in [0.1, 0.15) is 10.4 Å². The van der Waals surface area contributed by atoms with E-state index < -0.39 is 12.6 Å². The first kappa shape index (κ1) is 14.5. The molecule has 2 heterocycles. The number of carbonyl (C=O) groups is 2. The molecule has 8 heteroatoms. The Labute approximate surface area is 120 Å². The second-order valence-electron chi connectivity index (χ2n) is 4.36. The van der Waals surface area contributed by atoms with E-state index in [4.69, 9.17) is 21.8 Å². The summed E-state index contributed by atoms with van der Waals surface area (Å²) in [6, 6.07) is 1.36. The van der Waals surface area contributed by atoms with E-state index in [2.05, 4.69) is 4.98 Å². The Bertz CT molecular complexity index is 529. The highest BCUT2D eigenvalue weighted by Crippen LogP contribution is 2.25. The van der Waals surface area contributed by atoms with Crippen LogP contribution in [0.4, 0.5) is 5.82 Å². The van der Waals surface area contributed by atoms with Gasteiger partial charge in [-0.2, -0.15) is 0 Å². The standard InChI is InChI=1S/C12H14ClN3O4/c13-9-5-8(12(19)20)6-14-11(9)16-3-1-15(2-4-16)10(18)7-17/h5-6,17H,1-4,7H2,(H,19,20). The third kappa shape index (κ3) is 3.00. The summed E-state index contributed by atoms with van der Waals surface area (Å²) in [5.74, 6) is -0.873. The number of anilines is 1. The molecule has 0 unspecified atom stereocenters. The quantitative estimate of drug-likeness (QED) is 0.820. The molecule has 1 aliphatic heterocycles. The zero-order valence-corrected chi connectivity index (χ0v) is 11.4. The molecular formula is C12H14ClN3O4. The molecule has 20 heavy (non-hydrogen) atoms. The molecule has 1 saturated heterocycles. The maximum absolute atomic E-state index is 11.3. The molecule has 1 aliphatic rings. The van der Waals surface area contributed by atoms with Gasteiger partial charge in [-0.25, -0.2) is 9.78 Å². The molecule has 7 nitrogen and oxygen atoms in total. The van der Waals surface area contributed by atoms with Crippen molar-refractivity contribution in [3.63, 3.8) is 0 Å². The number of aliphatic hydroxyl groups excluding tert-OH is 1. The number of pyridine rings is 1. The monoisotopic (exact) mass is 299 g/mol. The van der Waals surface area contributed by atoms with Crippen molar-refractivity contribution < 1.29 is 19.8 Å². The van der Waals surface area contributed by atoms with E-state index in [1.165, 1.54) is 12.3 Å². The average Bonchev–Trinajstić information content (AvgIpc) is 2.46. The fraction of sp³-hybridized carbons (Fsp3) is 0.417. The van der Waals surface area contributed by atoms with Gasteiger partial charge in [0, 0.05) is 32.4 Å². The molecule has 0 atom stereocenters. The SMILES string of the molecule is O=C(O)c1cnc(N2CCN(C(=O)CO)CC2)c(Cl)c1. The zero-order chi connectivity index (χ0) is 14.7. The summed E-state index contributed by atoms with van der Waals surface area (Å²) in [7, 11) is 0. The first-order valence-corrected chi connectivity index (χ1v) is 6.43. The summed E-state index contributed by atoms with van der Waals surface area (Å²) in [4.78, 5) is 29.7. The van der Waals surface area contributed by atoms with E-state index in [0.717, 1.165) is 0 Å². The van der Waals surface area contributed by atoms with E-state index in [1.54, 1.807) is 4.90 Å². The van der Waals surface area contributed by atoms with Crippen LogP contribution < -0.4 is 4.90 Å². The maximum Gasteiger partial charge on any atom is 0.337 e. The molecule has 1 amide bonds. The number of carbonyl (C=O) groups excluding carboxylic acids is 1. The Balaban J connectivity index is 2.07. The van der Waals surface area contributed by atoms with Gasteiger partial charge >= 0.3 is 5.97 Å². The number of rotatable bonds is 3. The Kier molecular flexibility index (Phi) is 4.41. The lowest BCUT2D eigenvalue weighted by molar-refractivity contribution is -0.134. The first-order chi connectivity index (χ1) is 9.52. The zero-order valence-electron chi connectivity index (χ0n) is 10.6. The molecule has 2 N–H and O–H groups in total. The molecule has 2 rings (SSSR count). The normalized spacial score (nSPS) is 15.3. The number of aliphatic hydroxyl groups is 1. The fourth-order valence-electron chi connectivity index (χ4n) is 2.05. The number of hydrogen-bond acceptors (Lipinski definition) is 5. The topological polar surface area (TPSA) is 94.0 Å². The number of aromatic nitrogens is 1. The maximum atomic E-state index is 11.3. The highest BCUT2D eigenvalue weighted by atomic mass is 35.5. The number of carboxylic acid groups (broad SMARTS) is 1. The van der Waals surface area contributed by atoms with Crippen molar-refractivity contribution in [2.24, 2.45) is 0 Å². The fourth-order valence-corrected chi connectivity index (χ4v) is 2.33. The Morgan fingerprint density at radius 1 is 1.30 bits per heavy atom. The predicted molar refractivity (Wildman–Crippen MR) is 72.1 cm³/mol. The Morgan fingerprint density at radius 2 is 1.95 bits per heavy atom. The van der Waals surface area contributed by atoms with Crippen molar-refractivity contribution in [1.82, 2.24) is 9.88 Å². The predicted octanol–water partition coefficient (Wildman–Crippen LogP) is 0.0741. The largest absolute Gasteiger partial charge is 0.478 e. The van der Waals surface area contributed by atoms with Crippen LogP contribution in [0.15, 0.2) is 12.3 Å². The van der Waals surface area contributed by atoms with Gasteiger partial charge in [0.05, 0.1) is 10.6 Å². The van der Waals surface area contributed by atoms with Gasteiger partial charge in [-0.15, -0.1) is 0 Å². The summed E-state index contributed by atoms with van der Waals surface area (Å²) in [6.07, 6.45) is 1.26. The van der Waals surface area contributed by atoms with Crippen LogP contribution >= 0.6 is 11.6 Å². The van der Waals surface area contributed by atoms with E-state index >= 15 is 0 Å². The number of halogens is 1. The number of hydrogen-bond donors (Lipinski definition) is 2. The van der Waals surface area contributed by atoms with Gasteiger partial charge < -0.3 is 20.0 Å². The van der Waals surface area contributed by atoms with Crippen molar-refractivity contribution in [1.29, 1.82) is 0 Å². The van der Waals surface area contributed by atoms with Crippen molar-refractivity contribution in [2.75, 3.05) is 37.7 Å². The summed E-state index contributed by atoms with van der Waals surface area (Å²) in [5.41, 5.74) is 0.0350. The van der Waals surface area contributed by atoms with Crippen molar-refractivity contribution in [2.45, 2.75) is 0 Å². The summed E-state index contributed by atoms with van der Waals surface area (Å²) < 4.78 is 0. The van der Waals surface area contributed by atoms with Crippen LogP contribution in [-0.2, 0) is 4.79 Å². The van der Waals surface area contributed by atoms with Gasteiger partial charge in [0.2, 0.25) is 5.91 Å². The number of piperazine rings is 1. The van der Waals surface area contributed by atoms with Crippen molar-refractivity contribution in [3.05, 3.63) is 22.8 Å². The van der Waals surface area contributed by atoms with Crippen LogP contribution in [0, 0.1) is 0 Å². The molecule has 1 aromatic heterocycles. The van der Waals surface area contributed by atoms with Gasteiger partial charge in [-0.3, -0.25) is 4.79 Å². The minimum absolute atomic E-state index is 0.0350. The first-order valence-electron chi connectivity index (χ1n) is 6.05. The average molecular weight is 300 g/mol. The van der Waals surface area contributed by atoms with Gasteiger partial charge in [-0.1, -0.05) is 11.6 Å². The second kappa shape index (κ2) is 6.06. The lowest BCUT2D eigenvalue weighted by atomic mass is 10.2. The molecule has 0 saturated carbocycles. The molecule has 0 spiro atoms. The lowest BCUT2D eigenvalue weighted by Crippen LogP contribution is -2.49. The molecule has 0 radical (unpaired) electrons. The number of amides is 1. The molecule has 0 bridgehead atoms. The van der Waals surface area contributed by atoms with Gasteiger partial charge in [-0.05, 0) is 6.07 Å². The molecular weight excluding hydrogens is 286 g/mol. The highest BCUT2D eigenvalue weighted by Gasteiger charge is 2.23. The van der Waals surface area contributed by atoms with E-state index in [9.17, 15) is 9.59 Å². The van der Waals surface area contributed by atoms with Crippen LogP contribution in [0.25, 0.3) is 0 Å². The molecule has 1 fully saturated rings. The lowest BCUT2D eigenvalue weighted by Gasteiger charge is -2.35. The van der Waals surface area contributed by atoms with E-state index in [0.29, 0.717) is 32.0 Å². The van der Waals surface area contributed by atoms with E-state index in [-0.39, 0.29) is 16.5 Å². The van der Waals surface area contributed by atoms with Crippen LogP contribution in [0.2, 0.25) is 5.02 Å². The third-order valence-electron chi connectivity index (χ3n) is 3.14. The molecule has 0 aliphatic carbocycles. The smallest absolute Gasteiger partial charge is 0.337 e. The number of carboxylic acids is 1. The molecule has 1 aromatic rings. The van der Waals surface area contributed by atoms with Crippen LogP contribution in [0.5, 0.6) is 0 Å². The summed E-state index contributed by atoms with van der Waals surface area (Å²) >= 11 is 6.04. The Morgan fingerprint density at radius 3 is 2.45 bits per heavy atom. The van der Waals surface area contributed by atoms with Crippen LogP contribution in [0.3, 0.4) is 0 Å². The minimum atomic E-state index is -1.08. The molecule has 108 valence electrons. The van der Waals surface area contributed by atoms with Crippen molar-refractivity contribution in [3.8, 4) is 0 Å². The molecule has 0 aromatic carbocycles. The van der Waals surface area contributed by atoms with Gasteiger partial charge in [0.1, 0.15) is 12.4 Å². The second-order valence-corrected chi connectivity index (χ2v) is 4.77. The van der Waals surface area contributed by atoms with E-state index in [1.807, 2.05) is 4.90 Å².